The molecule has 1 aliphatic rings. The van der Waals surface area contributed by atoms with Crippen molar-refractivity contribution in [2.24, 2.45) is 0 Å². The smallest absolute Gasteiger partial charge is 0.124 e. The fraction of sp³-hybridized carbons (Fsp3) is 0.471. The number of benzene rings is 1. The highest BCUT2D eigenvalue weighted by Gasteiger charge is 2.28. The highest BCUT2D eigenvalue weighted by molar-refractivity contribution is 5.27. The van der Waals surface area contributed by atoms with E-state index in [-0.39, 0.29) is 0 Å². The van der Waals surface area contributed by atoms with E-state index in [2.05, 4.69) is 46.7 Å². The third-order valence-electron chi connectivity index (χ3n) is 3.95. The fourth-order valence-corrected chi connectivity index (χ4v) is 2.80. The van der Waals surface area contributed by atoms with Crippen LogP contribution in [0.4, 0.5) is 0 Å². The van der Waals surface area contributed by atoms with Gasteiger partial charge in [0.15, 0.2) is 0 Å². The molecule has 1 aliphatic heterocycles. The van der Waals surface area contributed by atoms with E-state index in [4.69, 9.17) is 4.74 Å². The van der Waals surface area contributed by atoms with Crippen molar-refractivity contribution in [1.82, 2.24) is 14.7 Å². The molecule has 4 nitrogen and oxygen atoms in total. The first-order chi connectivity index (χ1) is 10.1. The molecule has 0 aliphatic carbocycles. The summed E-state index contributed by atoms with van der Waals surface area (Å²) in [6, 6.07) is 10.4. The fourth-order valence-electron chi connectivity index (χ4n) is 2.80. The first-order valence-corrected chi connectivity index (χ1v) is 7.57. The summed E-state index contributed by atoms with van der Waals surface area (Å²) in [5.41, 5.74) is 3.57. The number of likely N-dealkylation sites (tertiary alicyclic amines) is 1. The molecule has 0 saturated carbocycles. The van der Waals surface area contributed by atoms with E-state index in [0.717, 1.165) is 37.6 Å². The summed E-state index contributed by atoms with van der Waals surface area (Å²) in [4.78, 5) is 2.41. The number of aryl methyl sites for hydroxylation is 3. The molecule has 21 heavy (non-hydrogen) atoms. The van der Waals surface area contributed by atoms with Gasteiger partial charge in [-0.05, 0) is 44.5 Å². The monoisotopic (exact) mass is 285 g/mol. The predicted molar refractivity (Wildman–Crippen MR) is 83.7 cm³/mol. The number of hydrogen-bond donors (Lipinski definition) is 0. The van der Waals surface area contributed by atoms with Crippen LogP contribution in [0.15, 0.2) is 30.3 Å². The lowest BCUT2D eigenvalue weighted by molar-refractivity contribution is 0.0173. The number of hydrogen-bond acceptors (Lipinski definition) is 3. The minimum atomic E-state index is 0.326. The topological polar surface area (TPSA) is 30.3 Å². The number of nitrogens with zero attached hydrogens (tertiary/aromatic N) is 3. The van der Waals surface area contributed by atoms with Gasteiger partial charge in [0, 0.05) is 25.3 Å². The normalized spacial score (nSPS) is 16.0. The Morgan fingerprint density at radius 2 is 1.95 bits per heavy atom. The maximum atomic E-state index is 5.98. The number of rotatable bonds is 5. The van der Waals surface area contributed by atoms with Crippen molar-refractivity contribution >= 4 is 0 Å². The van der Waals surface area contributed by atoms with Gasteiger partial charge in [0.25, 0.3) is 0 Å². The second kappa shape index (κ2) is 5.90. The van der Waals surface area contributed by atoms with Gasteiger partial charge in [0.2, 0.25) is 0 Å². The van der Waals surface area contributed by atoms with Crippen LogP contribution < -0.4 is 4.74 Å². The molecule has 112 valence electrons. The van der Waals surface area contributed by atoms with Gasteiger partial charge in [-0.15, -0.1) is 0 Å². The summed E-state index contributed by atoms with van der Waals surface area (Å²) < 4.78 is 8.06. The Morgan fingerprint density at radius 3 is 2.62 bits per heavy atom. The van der Waals surface area contributed by atoms with Crippen molar-refractivity contribution in [3.8, 4) is 5.75 Å². The van der Waals surface area contributed by atoms with E-state index in [1.165, 1.54) is 11.3 Å². The van der Waals surface area contributed by atoms with E-state index in [9.17, 15) is 0 Å². The zero-order valence-corrected chi connectivity index (χ0v) is 13.0. The minimum absolute atomic E-state index is 0.326. The summed E-state index contributed by atoms with van der Waals surface area (Å²) in [5, 5.41) is 4.50. The zero-order chi connectivity index (χ0) is 14.8. The van der Waals surface area contributed by atoms with Gasteiger partial charge in [-0.25, -0.2) is 0 Å². The van der Waals surface area contributed by atoms with Gasteiger partial charge in [-0.3, -0.25) is 9.58 Å². The van der Waals surface area contributed by atoms with E-state index in [0.29, 0.717) is 6.10 Å². The Hall–Kier alpha value is -1.81. The maximum absolute atomic E-state index is 5.98. The molecule has 0 amide bonds. The van der Waals surface area contributed by atoms with Crippen LogP contribution in [0, 0.1) is 20.8 Å². The first kappa shape index (κ1) is 14.1. The van der Waals surface area contributed by atoms with Crippen LogP contribution in [-0.4, -0.2) is 40.4 Å². The maximum Gasteiger partial charge on any atom is 0.124 e. The second-order valence-electron chi connectivity index (χ2n) is 5.97. The summed E-state index contributed by atoms with van der Waals surface area (Å²) in [7, 11) is 0. The summed E-state index contributed by atoms with van der Waals surface area (Å²) in [5.74, 6) is 0.984. The van der Waals surface area contributed by atoms with E-state index in [1.807, 2.05) is 19.1 Å². The highest BCUT2D eigenvalue weighted by Crippen LogP contribution is 2.19. The molecule has 3 rings (SSSR count). The van der Waals surface area contributed by atoms with Crippen LogP contribution in [0.1, 0.15) is 17.0 Å². The largest absolute Gasteiger partial charge is 0.488 e. The van der Waals surface area contributed by atoms with Crippen LogP contribution in [0.3, 0.4) is 0 Å². The van der Waals surface area contributed by atoms with Gasteiger partial charge in [0.1, 0.15) is 11.9 Å². The lowest BCUT2D eigenvalue weighted by Gasteiger charge is -2.39. The molecule has 0 atom stereocenters. The molecule has 1 saturated heterocycles. The highest BCUT2D eigenvalue weighted by atomic mass is 16.5. The quantitative estimate of drug-likeness (QED) is 0.846. The second-order valence-corrected chi connectivity index (χ2v) is 5.97. The molecule has 1 aromatic carbocycles. The number of aromatic nitrogens is 2. The van der Waals surface area contributed by atoms with Crippen LogP contribution in [-0.2, 0) is 6.54 Å². The standard InChI is InChI=1S/C17H23N3O/c1-13-5-4-6-16(9-13)21-17-11-19(12-17)7-8-20-15(3)10-14(2)18-20/h4-6,9-10,17H,7-8,11-12H2,1-3H3. The van der Waals surface area contributed by atoms with Crippen LogP contribution in [0.25, 0.3) is 0 Å². The van der Waals surface area contributed by atoms with Crippen molar-refractivity contribution in [2.45, 2.75) is 33.4 Å². The van der Waals surface area contributed by atoms with Gasteiger partial charge >= 0.3 is 0 Å². The zero-order valence-electron chi connectivity index (χ0n) is 13.0. The predicted octanol–water partition coefficient (Wildman–Crippen LogP) is 2.57. The molecule has 4 heteroatoms. The average molecular weight is 285 g/mol. The average Bonchev–Trinajstić information content (AvgIpc) is 2.70. The van der Waals surface area contributed by atoms with Gasteiger partial charge in [0.05, 0.1) is 12.2 Å². The van der Waals surface area contributed by atoms with E-state index < -0.39 is 0 Å². The van der Waals surface area contributed by atoms with Crippen molar-refractivity contribution in [3.05, 3.63) is 47.3 Å². The Balaban J connectivity index is 1.43. The van der Waals surface area contributed by atoms with Gasteiger partial charge in [-0.1, -0.05) is 12.1 Å². The molecule has 2 aromatic rings. The molecule has 0 bridgehead atoms. The third-order valence-corrected chi connectivity index (χ3v) is 3.95. The molecule has 1 aromatic heterocycles. The molecule has 0 spiro atoms. The Bertz CT molecular complexity index is 614. The third kappa shape index (κ3) is 3.45. The molecular formula is C17H23N3O. The Labute approximate surface area is 126 Å². The Kier molecular flexibility index (Phi) is 3.97. The molecule has 0 radical (unpaired) electrons. The van der Waals surface area contributed by atoms with Crippen LogP contribution in [0.5, 0.6) is 5.75 Å². The Morgan fingerprint density at radius 1 is 1.14 bits per heavy atom. The minimum Gasteiger partial charge on any atom is -0.488 e. The SMILES string of the molecule is Cc1cccc(OC2CN(CCn3nc(C)cc3C)C2)c1. The number of ether oxygens (including phenoxy) is 1. The summed E-state index contributed by atoms with van der Waals surface area (Å²) in [6.07, 6.45) is 0.326. The van der Waals surface area contributed by atoms with Gasteiger partial charge in [-0.2, -0.15) is 5.10 Å². The molecule has 0 N–H and O–H groups in total. The van der Waals surface area contributed by atoms with Crippen molar-refractivity contribution < 1.29 is 4.74 Å². The van der Waals surface area contributed by atoms with Crippen LogP contribution >= 0.6 is 0 Å². The lowest BCUT2D eigenvalue weighted by Crippen LogP contribution is -2.54. The van der Waals surface area contributed by atoms with E-state index in [1.54, 1.807) is 0 Å². The summed E-state index contributed by atoms with van der Waals surface area (Å²) >= 11 is 0. The van der Waals surface area contributed by atoms with Gasteiger partial charge < -0.3 is 4.74 Å². The molecule has 0 unspecified atom stereocenters. The molecule has 1 fully saturated rings. The molecular weight excluding hydrogens is 262 g/mol. The molecule has 2 heterocycles. The van der Waals surface area contributed by atoms with Crippen molar-refractivity contribution in [2.75, 3.05) is 19.6 Å². The van der Waals surface area contributed by atoms with E-state index >= 15 is 0 Å². The lowest BCUT2D eigenvalue weighted by atomic mass is 10.1. The van der Waals surface area contributed by atoms with Crippen molar-refractivity contribution in [3.63, 3.8) is 0 Å². The van der Waals surface area contributed by atoms with Crippen molar-refractivity contribution in [1.29, 1.82) is 0 Å². The van der Waals surface area contributed by atoms with Crippen LogP contribution in [0.2, 0.25) is 0 Å². The summed E-state index contributed by atoms with van der Waals surface area (Å²) in [6.45, 7) is 10.2. The first-order valence-electron chi connectivity index (χ1n) is 7.57.